The molecule has 3 aromatic rings. The molecule has 1 heteroatoms. The van der Waals surface area contributed by atoms with Crippen LogP contribution in [0.15, 0.2) is 72.8 Å². The van der Waals surface area contributed by atoms with E-state index >= 15 is 0 Å². The first kappa shape index (κ1) is 12.9. The minimum absolute atomic E-state index is 0.442. The van der Waals surface area contributed by atoms with Gasteiger partial charge in [0.2, 0.25) is 0 Å². The molecule has 100 valence electrons. The highest BCUT2D eigenvalue weighted by Crippen LogP contribution is 2.34. The molecule has 0 aliphatic heterocycles. The Morgan fingerprint density at radius 3 is 2.20 bits per heavy atom. The van der Waals surface area contributed by atoms with Crippen molar-refractivity contribution in [2.75, 3.05) is 0 Å². The molecule has 3 rings (SSSR count). The molecule has 20 heavy (non-hydrogen) atoms. The van der Waals surface area contributed by atoms with E-state index < -0.39 is 5.54 Å². The standard InChI is InChI=1S/C19H19N/c1-2-19(20,16-11-4-3-5-12-16)18-14-8-10-15-9-6-7-13-17(15)18/h3-14H,2,20H2,1H3. The number of hydrogen-bond donors (Lipinski definition) is 1. The van der Waals surface area contributed by atoms with Crippen molar-refractivity contribution in [2.45, 2.75) is 18.9 Å². The summed E-state index contributed by atoms with van der Waals surface area (Å²) in [6.45, 7) is 2.15. The predicted octanol–water partition coefficient (Wildman–Crippen LogP) is 4.45. The predicted molar refractivity (Wildman–Crippen MR) is 85.6 cm³/mol. The topological polar surface area (TPSA) is 26.0 Å². The summed E-state index contributed by atoms with van der Waals surface area (Å²) in [6.07, 6.45) is 0.866. The Hall–Kier alpha value is -2.12. The van der Waals surface area contributed by atoms with E-state index in [1.165, 1.54) is 21.9 Å². The average molecular weight is 261 g/mol. The molecule has 0 aliphatic carbocycles. The van der Waals surface area contributed by atoms with Crippen molar-refractivity contribution in [1.29, 1.82) is 0 Å². The average Bonchev–Trinajstić information content (AvgIpc) is 2.54. The molecule has 1 atom stereocenters. The lowest BCUT2D eigenvalue weighted by Gasteiger charge is -2.30. The first-order valence-electron chi connectivity index (χ1n) is 7.08. The first-order valence-corrected chi connectivity index (χ1v) is 7.08. The lowest BCUT2D eigenvalue weighted by molar-refractivity contribution is 0.523. The molecule has 0 amide bonds. The van der Waals surface area contributed by atoms with Crippen LogP contribution in [0.4, 0.5) is 0 Å². The van der Waals surface area contributed by atoms with Gasteiger partial charge in [-0.05, 0) is 28.3 Å². The minimum atomic E-state index is -0.442. The van der Waals surface area contributed by atoms with Gasteiger partial charge in [0.15, 0.2) is 0 Å². The van der Waals surface area contributed by atoms with Gasteiger partial charge in [-0.15, -0.1) is 0 Å². The van der Waals surface area contributed by atoms with Crippen LogP contribution in [0.3, 0.4) is 0 Å². The summed E-state index contributed by atoms with van der Waals surface area (Å²) in [6, 6.07) is 25.2. The fourth-order valence-corrected chi connectivity index (χ4v) is 2.90. The third-order valence-corrected chi connectivity index (χ3v) is 4.12. The second kappa shape index (κ2) is 5.10. The number of nitrogens with two attached hydrogens (primary N) is 1. The highest BCUT2D eigenvalue weighted by molar-refractivity contribution is 5.87. The molecule has 0 saturated carbocycles. The van der Waals surface area contributed by atoms with Crippen LogP contribution in [0.5, 0.6) is 0 Å². The molecular weight excluding hydrogens is 242 g/mol. The normalized spacial score (nSPS) is 14.1. The molecule has 0 aliphatic rings. The van der Waals surface area contributed by atoms with E-state index in [1.54, 1.807) is 0 Å². The Morgan fingerprint density at radius 2 is 1.45 bits per heavy atom. The van der Waals surface area contributed by atoms with Crippen LogP contribution >= 0.6 is 0 Å². The first-order chi connectivity index (χ1) is 9.75. The number of hydrogen-bond acceptors (Lipinski definition) is 1. The minimum Gasteiger partial charge on any atom is -0.318 e. The van der Waals surface area contributed by atoms with Crippen molar-refractivity contribution >= 4 is 10.8 Å². The van der Waals surface area contributed by atoms with Crippen LogP contribution in [-0.4, -0.2) is 0 Å². The number of fused-ring (bicyclic) bond motifs is 1. The van der Waals surface area contributed by atoms with Crippen LogP contribution in [0.1, 0.15) is 24.5 Å². The third-order valence-electron chi connectivity index (χ3n) is 4.12. The second-order valence-corrected chi connectivity index (χ2v) is 5.22. The van der Waals surface area contributed by atoms with Gasteiger partial charge < -0.3 is 5.73 Å². The lowest BCUT2D eigenvalue weighted by Crippen LogP contribution is -2.37. The molecule has 0 radical (unpaired) electrons. The maximum Gasteiger partial charge on any atom is 0.0668 e. The Balaban J connectivity index is 2.27. The fourth-order valence-electron chi connectivity index (χ4n) is 2.90. The fraction of sp³-hybridized carbons (Fsp3) is 0.158. The van der Waals surface area contributed by atoms with Crippen LogP contribution in [-0.2, 0) is 5.54 Å². The van der Waals surface area contributed by atoms with Gasteiger partial charge in [0, 0.05) is 0 Å². The summed E-state index contributed by atoms with van der Waals surface area (Å²) in [7, 11) is 0. The zero-order valence-corrected chi connectivity index (χ0v) is 11.7. The van der Waals surface area contributed by atoms with Gasteiger partial charge in [0.1, 0.15) is 0 Å². The largest absolute Gasteiger partial charge is 0.318 e. The van der Waals surface area contributed by atoms with Crippen molar-refractivity contribution in [3.05, 3.63) is 83.9 Å². The summed E-state index contributed by atoms with van der Waals surface area (Å²) in [4.78, 5) is 0. The quantitative estimate of drug-likeness (QED) is 0.740. The van der Waals surface area contributed by atoms with E-state index in [4.69, 9.17) is 5.73 Å². The van der Waals surface area contributed by atoms with Crippen LogP contribution in [0, 0.1) is 0 Å². The summed E-state index contributed by atoms with van der Waals surface area (Å²) >= 11 is 0. The lowest BCUT2D eigenvalue weighted by atomic mass is 9.79. The second-order valence-electron chi connectivity index (χ2n) is 5.22. The Morgan fingerprint density at radius 1 is 0.800 bits per heavy atom. The van der Waals surface area contributed by atoms with E-state index in [0.717, 1.165) is 6.42 Å². The van der Waals surface area contributed by atoms with E-state index in [2.05, 4.69) is 73.7 Å². The van der Waals surface area contributed by atoms with E-state index in [0.29, 0.717) is 0 Å². The Labute approximate surface area is 120 Å². The summed E-state index contributed by atoms with van der Waals surface area (Å²) in [5.74, 6) is 0. The van der Waals surface area contributed by atoms with Crippen LogP contribution in [0.25, 0.3) is 10.8 Å². The molecule has 1 unspecified atom stereocenters. The van der Waals surface area contributed by atoms with E-state index in [9.17, 15) is 0 Å². The zero-order valence-electron chi connectivity index (χ0n) is 11.7. The van der Waals surface area contributed by atoms with Gasteiger partial charge in [0.05, 0.1) is 5.54 Å². The highest BCUT2D eigenvalue weighted by Gasteiger charge is 2.28. The Bertz CT molecular complexity index is 713. The number of benzene rings is 3. The molecule has 0 fully saturated rings. The van der Waals surface area contributed by atoms with Crippen molar-refractivity contribution in [1.82, 2.24) is 0 Å². The van der Waals surface area contributed by atoms with Crippen molar-refractivity contribution in [3.63, 3.8) is 0 Å². The maximum absolute atomic E-state index is 6.81. The van der Waals surface area contributed by atoms with E-state index in [1.807, 2.05) is 6.07 Å². The van der Waals surface area contributed by atoms with Crippen molar-refractivity contribution in [3.8, 4) is 0 Å². The van der Waals surface area contributed by atoms with Gasteiger partial charge in [-0.25, -0.2) is 0 Å². The molecule has 0 spiro atoms. The zero-order chi connectivity index (χ0) is 14.0. The van der Waals surface area contributed by atoms with Gasteiger partial charge in [-0.1, -0.05) is 79.7 Å². The SMILES string of the molecule is CCC(N)(c1ccccc1)c1cccc2ccccc12. The smallest absolute Gasteiger partial charge is 0.0668 e. The number of rotatable bonds is 3. The maximum atomic E-state index is 6.81. The molecule has 0 bridgehead atoms. The molecule has 0 saturated heterocycles. The van der Waals surface area contributed by atoms with Crippen LogP contribution in [0.2, 0.25) is 0 Å². The van der Waals surface area contributed by atoms with Gasteiger partial charge in [-0.2, -0.15) is 0 Å². The summed E-state index contributed by atoms with van der Waals surface area (Å²) < 4.78 is 0. The molecule has 2 N–H and O–H groups in total. The van der Waals surface area contributed by atoms with Crippen molar-refractivity contribution in [2.24, 2.45) is 5.73 Å². The van der Waals surface area contributed by atoms with E-state index in [-0.39, 0.29) is 0 Å². The Kier molecular flexibility index (Phi) is 3.29. The van der Waals surface area contributed by atoms with Gasteiger partial charge in [0.25, 0.3) is 0 Å². The monoisotopic (exact) mass is 261 g/mol. The summed E-state index contributed by atoms with van der Waals surface area (Å²) in [5.41, 5.74) is 8.73. The molecule has 1 nitrogen and oxygen atoms in total. The van der Waals surface area contributed by atoms with Gasteiger partial charge >= 0.3 is 0 Å². The third kappa shape index (κ3) is 2.00. The summed E-state index contributed by atoms with van der Waals surface area (Å²) in [5, 5.41) is 2.48. The van der Waals surface area contributed by atoms with Gasteiger partial charge in [-0.3, -0.25) is 0 Å². The molecule has 0 heterocycles. The van der Waals surface area contributed by atoms with Crippen LogP contribution < -0.4 is 5.73 Å². The molecule has 3 aromatic carbocycles. The highest BCUT2D eigenvalue weighted by atomic mass is 14.7. The molecular formula is C19H19N. The van der Waals surface area contributed by atoms with Crippen molar-refractivity contribution < 1.29 is 0 Å². The molecule has 0 aromatic heterocycles.